The predicted octanol–water partition coefficient (Wildman–Crippen LogP) is 4.34. The van der Waals surface area contributed by atoms with Crippen LogP contribution < -0.4 is 0 Å². The van der Waals surface area contributed by atoms with Gasteiger partial charge in [0, 0.05) is 27.3 Å². The second-order valence-corrected chi connectivity index (χ2v) is 6.20. The lowest BCUT2D eigenvalue weighted by Gasteiger charge is -2.14. The van der Waals surface area contributed by atoms with Crippen molar-refractivity contribution in [2.45, 2.75) is 26.3 Å². The SMILES string of the molecule is CCn1c(C(=O)c2cccc(Cl)c2)cc(Br)c1C(C)C(=O)O. The predicted molar refractivity (Wildman–Crippen MR) is 88.7 cm³/mol. The molecule has 1 heterocycles. The van der Waals surface area contributed by atoms with E-state index in [4.69, 9.17) is 11.6 Å². The number of rotatable bonds is 5. The molecule has 0 bridgehead atoms. The van der Waals surface area contributed by atoms with Gasteiger partial charge < -0.3 is 9.67 Å². The van der Waals surface area contributed by atoms with Crippen molar-refractivity contribution in [3.05, 3.63) is 56.8 Å². The number of aromatic nitrogens is 1. The summed E-state index contributed by atoms with van der Waals surface area (Å²) < 4.78 is 2.35. The Morgan fingerprint density at radius 2 is 2.05 bits per heavy atom. The Hall–Kier alpha value is -1.59. The summed E-state index contributed by atoms with van der Waals surface area (Å²) in [4.78, 5) is 24.0. The highest BCUT2D eigenvalue weighted by Gasteiger charge is 2.26. The van der Waals surface area contributed by atoms with E-state index >= 15 is 0 Å². The lowest BCUT2D eigenvalue weighted by atomic mass is 10.1. The molecule has 116 valence electrons. The lowest BCUT2D eigenvalue weighted by Crippen LogP contribution is -2.17. The maximum absolute atomic E-state index is 12.7. The number of carbonyl (C=O) groups excluding carboxylic acids is 1. The normalized spacial score (nSPS) is 12.2. The maximum atomic E-state index is 12.7. The minimum absolute atomic E-state index is 0.186. The summed E-state index contributed by atoms with van der Waals surface area (Å²) in [6.07, 6.45) is 0. The Kier molecular flexibility index (Phi) is 5.08. The fourth-order valence-corrected chi connectivity index (χ4v) is 3.36. The van der Waals surface area contributed by atoms with Crippen LogP contribution in [-0.4, -0.2) is 21.4 Å². The number of halogens is 2. The van der Waals surface area contributed by atoms with E-state index < -0.39 is 11.9 Å². The molecule has 0 saturated heterocycles. The number of carboxylic acid groups (broad SMARTS) is 1. The third-order valence-corrected chi connectivity index (χ3v) is 4.38. The molecule has 1 N–H and O–H groups in total. The molecule has 0 amide bonds. The molecule has 0 fully saturated rings. The van der Waals surface area contributed by atoms with Gasteiger partial charge in [-0.3, -0.25) is 9.59 Å². The molecule has 0 radical (unpaired) electrons. The summed E-state index contributed by atoms with van der Waals surface area (Å²) in [5.41, 5.74) is 1.50. The van der Waals surface area contributed by atoms with Gasteiger partial charge >= 0.3 is 5.97 Å². The smallest absolute Gasteiger partial charge is 0.312 e. The van der Waals surface area contributed by atoms with E-state index in [2.05, 4.69) is 15.9 Å². The van der Waals surface area contributed by atoms with Crippen LogP contribution in [0.4, 0.5) is 0 Å². The molecule has 1 atom stereocenters. The van der Waals surface area contributed by atoms with Crippen molar-refractivity contribution >= 4 is 39.3 Å². The van der Waals surface area contributed by atoms with Gasteiger partial charge in [-0.05, 0) is 48.0 Å². The average molecular weight is 385 g/mol. The molecule has 2 aromatic rings. The van der Waals surface area contributed by atoms with Crippen molar-refractivity contribution in [2.24, 2.45) is 0 Å². The Balaban J connectivity index is 2.55. The van der Waals surface area contributed by atoms with Crippen molar-refractivity contribution in [3.8, 4) is 0 Å². The van der Waals surface area contributed by atoms with Gasteiger partial charge in [0.15, 0.2) is 0 Å². The summed E-state index contributed by atoms with van der Waals surface area (Å²) in [7, 11) is 0. The van der Waals surface area contributed by atoms with Crippen molar-refractivity contribution in [3.63, 3.8) is 0 Å². The van der Waals surface area contributed by atoms with E-state index in [-0.39, 0.29) is 5.78 Å². The number of hydrogen-bond donors (Lipinski definition) is 1. The molecule has 2 rings (SSSR count). The molecular formula is C16H15BrClNO3. The van der Waals surface area contributed by atoms with Crippen LogP contribution in [0.1, 0.15) is 41.5 Å². The van der Waals surface area contributed by atoms with Gasteiger partial charge in [0.1, 0.15) is 0 Å². The zero-order valence-electron chi connectivity index (χ0n) is 12.1. The maximum Gasteiger partial charge on any atom is 0.312 e. The van der Waals surface area contributed by atoms with E-state index in [0.29, 0.717) is 33.0 Å². The van der Waals surface area contributed by atoms with Gasteiger partial charge in [-0.15, -0.1) is 0 Å². The van der Waals surface area contributed by atoms with Crippen LogP contribution in [0.2, 0.25) is 5.02 Å². The molecule has 0 aliphatic carbocycles. The highest BCUT2D eigenvalue weighted by atomic mass is 79.9. The summed E-state index contributed by atoms with van der Waals surface area (Å²) in [5.74, 6) is -1.83. The monoisotopic (exact) mass is 383 g/mol. The van der Waals surface area contributed by atoms with Crippen LogP contribution in [0, 0.1) is 0 Å². The van der Waals surface area contributed by atoms with E-state index in [0.717, 1.165) is 0 Å². The van der Waals surface area contributed by atoms with E-state index in [9.17, 15) is 14.7 Å². The summed E-state index contributed by atoms with van der Waals surface area (Å²) >= 11 is 9.30. The molecule has 1 aromatic carbocycles. The number of nitrogens with zero attached hydrogens (tertiary/aromatic N) is 1. The zero-order valence-corrected chi connectivity index (χ0v) is 14.5. The van der Waals surface area contributed by atoms with Crippen molar-refractivity contribution < 1.29 is 14.7 Å². The van der Waals surface area contributed by atoms with Crippen molar-refractivity contribution in [1.82, 2.24) is 4.57 Å². The molecule has 0 aliphatic rings. The zero-order chi connectivity index (χ0) is 16.4. The molecular weight excluding hydrogens is 370 g/mol. The third kappa shape index (κ3) is 3.10. The van der Waals surface area contributed by atoms with Gasteiger partial charge in [-0.25, -0.2) is 0 Å². The van der Waals surface area contributed by atoms with Crippen LogP contribution in [0.25, 0.3) is 0 Å². The number of aliphatic carboxylic acids is 1. The number of ketones is 1. The highest BCUT2D eigenvalue weighted by Crippen LogP contribution is 2.30. The minimum Gasteiger partial charge on any atom is -0.481 e. The van der Waals surface area contributed by atoms with E-state index in [1.54, 1.807) is 41.8 Å². The molecule has 0 aliphatic heterocycles. The summed E-state index contributed by atoms with van der Waals surface area (Å²) in [5, 5.41) is 9.73. The highest BCUT2D eigenvalue weighted by molar-refractivity contribution is 9.10. The lowest BCUT2D eigenvalue weighted by molar-refractivity contribution is -0.138. The Bertz CT molecular complexity index is 739. The minimum atomic E-state index is -0.935. The van der Waals surface area contributed by atoms with Crippen molar-refractivity contribution in [2.75, 3.05) is 0 Å². The van der Waals surface area contributed by atoms with Gasteiger partial charge in [-0.2, -0.15) is 0 Å². The Morgan fingerprint density at radius 3 is 2.59 bits per heavy atom. The topological polar surface area (TPSA) is 59.3 Å². The van der Waals surface area contributed by atoms with Gasteiger partial charge in [-0.1, -0.05) is 23.7 Å². The molecule has 6 heteroatoms. The van der Waals surface area contributed by atoms with Crippen LogP contribution in [-0.2, 0) is 11.3 Å². The van der Waals surface area contributed by atoms with Crippen LogP contribution >= 0.6 is 27.5 Å². The average Bonchev–Trinajstić information content (AvgIpc) is 2.81. The van der Waals surface area contributed by atoms with Gasteiger partial charge in [0.05, 0.1) is 11.6 Å². The number of benzene rings is 1. The van der Waals surface area contributed by atoms with Crippen LogP contribution in [0.3, 0.4) is 0 Å². The van der Waals surface area contributed by atoms with Gasteiger partial charge in [0.2, 0.25) is 5.78 Å². The first-order valence-electron chi connectivity index (χ1n) is 6.78. The molecule has 1 aromatic heterocycles. The summed E-state index contributed by atoms with van der Waals surface area (Å²) in [6.45, 7) is 3.97. The fourth-order valence-electron chi connectivity index (χ4n) is 2.39. The molecule has 1 unspecified atom stereocenters. The second kappa shape index (κ2) is 6.67. The molecule has 0 spiro atoms. The Morgan fingerprint density at radius 1 is 1.36 bits per heavy atom. The standard InChI is InChI=1S/C16H15BrClNO3/c1-3-19-13(8-12(17)14(19)9(2)16(21)22)15(20)10-5-4-6-11(18)7-10/h4-9H,3H2,1-2H3,(H,21,22). The van der Waals surface area contributed by atoms with Crippen LogP contribution in [0.15, 0.2) is 34.8 Å². The largest absolute Gasteiger partial charge is 0.481 e. The molecule has 22 heavy (non-hydrogen) atoms. The fraction of sp³-hybridized carbons (Fsp3) is 0.250. The Labute approximate surface area is 141 Å². The number of hydrogen-bond acceptors (Lipinski definition) is 2. The van der Waals surface area contributed by atoms with Crippen LogP contribution in [0.5, 0.6) is 0 Å². The van der Waals surface area contributed by atoms with Crippen molar-refractivity contribution in [1.29, 1.82) is 0 Å². The first-order valence-corrected chi connectivity index (χ1v) is 7.95. The van der Waals surface area contributed by atoms with Gasteiger partial charge in [0.25, 0.3) is 0 Å². The first kappa shape index (κ1) is 16.8. The summed E-state index contributed by atoms with van der Waals surface area (Å²) in [6, 6.07) is 8.37. The molecule has 0 saturated carbocycles. The first-order chi connectivity index (χ1) is 10.4. The number of carboxylic acids is 1. The van der Waals surface area contributed by atoms with E-state index in [1.165, 1.54) is 0 Å². The third-order valence-electron chi connectivity index (χ3n) is 3.51. The second-order valence-electron chi connectivity index (χ2n) is 4.91. The molecule has 4 nitrogen and oxygen atoms in total. The number of carbonyl (C=O) groups is 2. The quantitative estimate of drug-likeness (QED) is 0.780. The van der Waals surface area contributed by atoms with E-state index in [1.807, 2.05) is 6.92 Å².